The fraction of sp³-hybridized carbons (Fsp3) is 0.652. The van der Waals surface area contributed by atoms with Gasteiger partial charge < -0.3 is 14.0 Å². The van der Waals surface area contributed by atoms with Crippen molar-refractivity contribution in [3.63, 3.8) is 0 Å². The third-order valence-electron chi connectivity index (χ3n) is 8.21. The van der Waals surface area contributed by atoms with Gasteiger partial charge in [-0.2, -0.15) is 26.9 Å². The standard InChI is InChI=1S/C23H28F3N3O4S/c1-21(2)18-13-16-17(8-7-15(14-27)19(16)33-34(31,32)23(24,25)26)22(21,3)9-12-29(18)20(30)28-10-5-4-6-11-28/h7-8,18H,4-6,9-13H2,1-3H3/t18-,22+/m1/s1. The first-order valence-electron chi connectivity index (χ1n) is 11.4. The fourth-order valence-corrected chi connectivity index (χ4v) is 6.31. The van der Waals surface area contributed by atoms with Gasteiger partial charge in [0.15, 0.2) is 5.75 Å². The summed E-state index contributed by atoms with van der Waals surface area (Å²) in [5, 5.41) is 9.52. The zero-order valence-electron chi connectivity index (χ0n) is 19.4. The zero-order valence-corrected chi connectivity index (χ0v) is 20.2. The summed E-state index contributed by atoms with van der Waals surface area (Å²) in [6.45, 7) is 7.84. The van der Waals surface area contributed by atoms with Crippen LogP contribution >= 0.6 is 0 Å². The molecule has 0 N–H and O–H groups in total. The molecule has 2 amide bonds. The van der Waals surface area contributed by atoms with Gasteiger partial charge >= 0.3 is 21.7 Å². The number of halogens is 3. The molecule has 7 nitrogen and oxygen atoms in total. The van der Waals surface area contributed by atoms with E-state index in [1.807, 2.05) is 25.7 Å². The summed E-state index contributed by atoms with van der Waals surface area (Å²) in [7, 11) is -5.98. The molecule has 0 aromatic heterocycles. The molecule has 1 aromatic carbocycles. The molecule has 2 atom stereocenters. The maximum Gasteiger partial charge on any atom is 0.534 e. The van der Waals surface area contributed by atoms with Gasteiger partial charge in [-0.25, -0.2) is 4.79 Å². The molecule has 2 saturated heterocycles. The second-order valence-corrected chi connectivity index (χ2v) is 11.6. The van der Waals surface area contributed by atoms with Crippen LogP contribution < -0.4 is 4.18 Å². The van der Waals surface area contributed by atoms with E-state index in [9.17, 15) is 31.6 Å². The van der Waals surface area contributed by atoms with E-state index >= 15 is 0 Å². The Bertz CT molecular complexity index is 1150. The Balaban J connectivity index is 1.82. The van der Waals surface area contributed by atoms with Crippen LogP contribution in [-0.4, -0.2) is 55.4 Å². The summed E-state index contributed by atoms with van der Waals surface area (Å²) in [5.74, 6) is -0.587. The number of nitrogens with zero attached hydrogens (tertiary/aromatic N) is 3. The van der Waals surface area contributed by atoms with E-state index < -0.39 is 38.2 Å². The Morgan fingerprint density at radius 3 is 2.38 bits per heavy atom. The number of likely N-dealkylation sites (tertiary alicyclic amines) is 2. The number of carbonyl (C=O) groups excluding carboxylic acids is 1. The Morgan fingerprint density at radius 1 is 1.15 bits per heavy atom. The Hall–Kier alpha value is -2.48. The molecule has 0 spiro atoms. The van der Waals surface area contributed by atoms with E-state index in [2.05, 4.69) is 4.18 Å². The van der Waals surface area contributed by atoms with Crippen LogP contribution in [0.2, 0.25) is 0 Å². The summed E-state index contributed by atoms with van der Waals surface area (Å²) >= 11 is 0. The zero-order chi connectivity index (χ0) is 25.1. The van der Waals surface area contributed by atoms with Gasteiger partial charge in [0, 0.05) is 36.7 Å². The molecule has 2 bridgehead atoms. The summed E-state index contributed by atoms with van der Waals surface area (Å²) in [6.07, 6.45) is 3.55. The second kappa shape index (κ2) is 8.04. The minimum Gasteiger partial charge on any atom is -0.374 e. The number of fused-ring (bicyclic) bond motifs is 4. The molecule has 2 aliphatic heterocycles. The smallest absolute Gasteiger partial charge is 0.374 e. The fourth-order valence-electron chi connectivity index (χ4n) is 5.80. The normalized spacial score (nSPS) is 26.4. The van der Waals surface area contributed by atoms with Crippen molar-refractivity contribution < 1.29 is 30.6 Å². The van der Waals surface area contributed by atoms with E-state index in [0.29, 0.717) is 31.6 Å². The first-order valence-corrected chi connectivity index (χ1v) is 12.8. The van der Waals surface area contributed by atoms with Crippen LogP contribution in [0.3, 0.4) is 0 Å². The average molecular weight is 500 g/mol. The van der Waals surface area contributed by atoms with Gasteiger partial charge in [0.2, 0.25) is 0 Å². The molecular weight excluding hydrogens is 471 g/mol. The molecule has 0 radical (unpaired) electrons. The lowest BCUT2D eigenvalue weighted by Gasteiger charge is -2.61. The highest BCUT2D eigenvalue weighted by Crippen LogP contribution is 2.58. The molecule has 2 fully saturated rings. The van der Waals surface area contributed by atoms with Gasteiger partial charge in [-0.1, -0.05) is 26.8 Å². The third kappa shape index (κ3) is 3.61. The van der Waals surface area contributed by atoms with Crippen molar-refractivity contribution in [2.24, 2.45) is 5.41 Å². The maximum atomic E-state index is 13.4. The van der Waals surface area contributed by atoms with Gasteiger partial charge in [-0.15, -0.1) is 0 Å². The van der Waals surface area contributed by atoms with Crippen LogP contribution in [0.15, 0.2) is 12.1 Å². The molecule has 2 heterocycles. The van der Waals surface area contributed by atoms with Crippen molar-refractivity contribution >= 4 is 16.1 Å². The molecule has 4 rings (SSSR count). The highest BCUT2D eigenvalue weighted by Gasteiger charge is 2.58. The number of urea groups is 1. The molecule has 0 unspecified atom stereocenters. The molecule has 0 saturated carbocycles. The molecule has 3 aliphatic rings. The SMILES string of the molecule is CC1(C)[C@H]2Cc3c(ccc(C#N)c3OS(=O)(=O)C(F)(F)F)[C@]1(C)CCN2C(=O)N1CCCCC1. The highest BCUT2D eigenvalue weighted by atomic mass is 32.2. The van der Waals surface area contributed by atoms with Crippen molar-refractivity contribution in [3.05, 3.63) is 28.8 Å². The molecule has 1 aromatic rings. The lowest BCUT2D eigenvalue weighted by Crippen LogP contribution is -2.66. The summed E-state index contributed by atoms with van der Waals surface area (Å²) < 4.78 is 67.8. The van der Waals surface area contributed by atoms with Crippen LogP contribution in [0.5, 0.6) is 5.75 Å². The molecule has 186 valence electrons. The van der Waals surface area contributed by atoms with E-state index in [1.165, 1.54) is 6.07 Å². The number of hydrogen-bond acceptors (Lipinski definition) is 5. The number of alkyl halides is 3. The van der Waals surface area contributed by atoms with Crippen molar-refractivity contribution in [1.82, 2.24) is 9.80 Å². The summed E-state index contributed by atoms with van der Waals surface area (Å²) in [4.78, 5) is 17.0. The Morgan fingerprint density at radius 2 is 1.79 bits per heavy atom. The average Bonchev–Trinajstić information content (AvgIpc) is 2.76. The topological polar surface area (TPSA) is 90.7 Å². The van der Waals surface area contributed by atoms with Gasteiger partial charge in [-0.05, 0) is 49.1 Å². The number of carbonyl (C=O) groups is 1. The van der Waals surface area contributed by atoms with Gasteiger partial charge in [-0.3, -0.25) is 0 Å². The monoisotopic (exact) mass is 499 g/mol. The molecule has 1 aliphatic carbocycles. The van der Waals surface area contributed by atoms with Crippen molar-refractivity contribution in [1.29, 1.82) is 5.26 Å². The highest BCUT2D eigenvalue weighted by molar-refractivity contribution is 7.88. The number of piperidine rings is 2. The van der Waals surface area contributed by atoms with Crippen LogP contribution in [0.1, 0.15) is 63.1 Å². The Labute approximate surface area is 197 Å². The summed E-state index contributed by atoms with van der Waals surface area (Å²) in [5.41, 5.74) is -6.05. The van der Waals surface area contributed by atoms with Crippen LogP contribution in [0.4, 0.5) is 18.0 Å². The first-order chi connectivity index (χ1) is 15.7. The molecular formula is C23H28F3N3O4S. The van der Waals surface area contributed by atoms with Gasteiger partial charge in [0.1, 0.15) is 6.07 Å². The molecule has 11 heteroatoms. The second-order valence-electron chi connectivity index (χ2n) is 10.1. The predicted octanol–water partition coefficient (Wildman–Crippen LogP) is 4.31. The van der Waals surface area contributed by atoms with Crippen LogP contribution in [-0.2, 0) is 22.0 Å². The van der Waals surface area contributed by atoms with Gasteiger partial charge in [0.05, 0.1) is 5.56 Å². The van der Waals surface area contributed by atoms with Gasteiger partial charge in [0.25, 0.3) is 0 Å². The minimum absolute atomic E-state index is 0.0930. The number of rotatable bonds is 2. The first kappa shape index (κ1) is 24.6. The number of nitriles is 1. The van der Waals surface area contributed by atoms with E-state index in [0.717, 1.165) is 19.3 Å². The predicted molar refractivity (Wildman–Crippen MR) is 118 cm³/mol. The van der Waals surface area contributed by atoms with E-state index in [-0.39, 0.29) is 23.6 Å². The van der Waals surface area contributed by atoms with Crippen molar-refractivity contribution in [3.8, 4) is 11.8 Å². The van der Waals surface area contributed by atoms with E-state index in [1.54, 1.807) is 17.0 Å². The lowest BCUT2D eigenvalue weighted by molar-refractivity contribution is -0.0501. The number of benzene rings is 1. The third-order valence-corrected chi connectivity index (χ3v) is 9.16. The lowest BCUT2D eigenvalue weighted by atomic mass is 9.51. The minimum atomic E-state index is -5.98. The number of hydrogen-bond donors (Lipinski definition) is 0. The summed E-state index contributed by atoms with van der Waals surface area (Å²) in [6, 6.07) is 4.24. The molecule has 34 heavy (non-hydrogen) atoms. The van der Waals surface area contributed by atoms with E-state index in [4.69, 9.17) is 0 Å². The quantitative estimate of drug-likeness (QED) is 0.447. The van der Waals surface area contributed by atoms with Crippen molar-refractivity contribution in [2.75, 3.05) is 19.6 Å². The number of amides is 2. The Kier molecular flexibility index (Phi) is 5.83. The van der Waals surface area contributed by atoms with Crippen LogP contribution in [0, 0.1) is 16.7 Å². The largest absolute Gasteiger partial charge is 0.534 e. The van der Waals surface area contributed by atoms with Crippen molar-refractivity contribution in [2.45, 2.75) is 69.8 Å². The van der Waals surface area contributed by atoms with Crippen LogP contribution in [0.25, 0.3) is 0 Å². The maximum absolute atomic E-state index is 13.4.